The minimum atomic E-state index is 0.00942. The Labute approximate surface area is 198 Å². The van der Waals surface area contributed by atoms with Gasteiger partial charge < -0.3 is 15.1 Å². The molecule has 2 amide bonds. The van der Waals surface area contributed by atoms with E-state index in [0.717, 1.165) is 70.4 Å². The summed E-state index contributed by atoms with van der Waals surface area (Å²) in [6.07, 6.45) is 13.0. The van der Waals surface area contributed by atoms with Crippen LogP contribution in [0, 0.1) is 5.92 Å². The Kier molecular flexibility index (Phi) is 9.12. The fourth-order valence-corrected chi connectivity index (χ4v) is 5.70. The number of nitrogens with zero attached hydrogens (tertiary/aromatic N) is 4. The van der Waals surface area contributed by atoms with Crippen molar-refractivity contribution >= 4 is 11.8 Å². The third-order valence-electron chi connectivity index (χ3n) is 7.66. The van der Waals surface area contributed by atoms with Gasteiger partial charge in [0.1, 0.15) is 0 Å². The van der Waals surface area contributed by atoms with Gasteiger partial charge in [-0.1, -0.05) is 12.5 Å². The van der Waals surface area contributed by atoms with Crippen LogP contribution in [0.15, 0.2) is 24.5 Å². The van der Waals surface area contributed by atoms with Crippen LogP contribution in [0.4, 0.5) is 0 Å². The fraction of sp³-hybridized carbons (Fsp3) is 0.731. The first-order chi connectivity index (χ1) is 16.2. The van der Waals surface area contributed by atoms with E-state index in [1.54, 1.807) is 6.20 Å². The number of likely N-dealkylation sites (tertiary alicyclic amines) is 2. The molecule has 4 heterocycles. The second-order valence-electron chi connectivity index (χ2n) is 10.0. The molecular formula is C26H41N5O2. The molecule has 1 aromatic heterocycles. The minimum absolute atomic E-state index is 0.00942. The summed E-state index contributed by atoms with van der Waals surface area (Å²) in [7, 11) is 0. The van der Waals surface area contributed by atoms with Gasteiger partial charge in [-0.15, -0.1) is 0 Å². The van der Waals surface area contributed by atoms with Crippen LogP contribution in [-0.2, 0) is 16.1 Å². The molecule has 0 aliphatic carbocycles. The largest absolute Gasteiger partial charge is 0.356 e. The molecule has 1 unspecified atom stereocenters. The highest BCUT2D eigenvalue weighted by atomic mass is 16.2. The lowest BCUT2D eigenvalue weighted by molar-refractivity contribution is -0.138. The van der Waals surface area contributed by atoms with Gasteiger partial charge in [-0.2, -0.15) is 0 Å². The average Bonchev–Trinajstić information content (AvgIpc) is 2.90. The number of carbonyl (C=O) groups excluding carboxylic acids is 2. The van der Waals surface area contributed by atoms with Crippen LogP contribution in [0.1, 0.15) is 63.4 Å². The minimum Gasteiger partial charge on any atom is -0.356 e. The molecular weight excluding hydrogens is 414 g/mol. The molecule has 7 heteroatoms. The van der Waals surface area contributed by atoms with Crippen molar-refractivity contribution in [1.29, 1.82) is 0 Å². The molecule has 4 rings (SSSR count). The number of nitrogens with one attached hydrogen (secondary N) is 1. The van der Waals surface area contributed by atoms with Crippen molar-refractivity contribution in [3.8, 4) is 0 Å². The predicted octanol–water partition coefficient (Wildman–Crippen LogP) is 2.67. The highest BCUT2D eigenvalue weighted by molar-refractivity contribution is 5.79. The molecule has 0 bridgehead atoms. The van der Waals surface area contributed by atoms with E-state index >= 15 is 0 Å². The zero-order valence-corrected chi connectivity index (χ0v) is 20.1. The third kappa shape index (κ3) is 7.24. The summed E-state index contributed by atoms with van der Waals surface area (Å²) in [4.78, 5) is 37.1. The summed E-state index contributed by atoms with van der Waals surface area (Å²) in [5.41, 5.74) is 1.16. The normalized spacial score (nSPS) is 25.3. The van der Waals surface area contributed by atoms with Crippen molar-refractivity contribution in [2.24, 2.45) is 5.92 Å². The first-order valence-electron chi connectivity index (χ1n) is 13.1. The number of hydrogen-bond donors (Lipinski definition) is 1. The van der Waals surface area contributed by atoms with E-state index in [1.165, 1.54) is 32.4 Å². The standard InChI is InChI=1S/C26H41N5O2/c32-25-11-17-29(21-22-6-4-12-27-20-22)14-5-7-23(8-13-28-25)26(33)31-18-9-24(10-19-31)30-15-2-1-3-16-30/h4,6,12,20,23-24H,1-3,5,7-11,13-19,21H2,(H,28,32). The lowest BCUT2D eigenvalue weighted by Gasteiger charge is -2.41. The number of piperidine rings is 2. The monoisotopic (exact) mass is 455 g/mol. The predicted molar refractivity (Wildman–Crippen MR) is 130 cm³/mol. The lowest BCUT2D eigenvalue weighted by atomic mass is 9.94. The number of aromatic nitrogens is 1. The van der Waals surface area contributed by atoms with Gasteiger partial charge in [-0.25, -0.2) is 0 Å². The highest BCUT2D eigenvalue weighted by Gasteiger charge is 2.31. The molecule has 3 saturated heterocycles. The van der Waals surface area contributed by atoms with Crippen molar-refractivity contribution in [3.05, 3.63) is 30.1 Å². The van der Waals surface area contributed by atoms with Gasteiger partial charge in [0.15, 0.2) is 0 Å². The molecule has 33 heavy (non-hydrogen) atoms. The highest BCUT2D eigenvalue weighted by Crippen LogP contribution is 2.24. The third-order valence-corrected chi connectivity index (χ3v) is 7.66. The van der Waals surface area contributed by atoms with Crippen LogP contribution in [0.2, 0.25) is 0 Å². The van der Waals surface area contributed by atoms with Crippen LogP contribution >= 0.6 is 0 Å². The molecule has 1 atom stereocenters. The van der Waals surface area contributed by atoms with E-state index in [0.29, 0.717) is 24.9 Å². The van der Waals surface area contributed by atoms with E-state index in [4.69, 9.17) is 0 Å². The summed E-state index contributed by atoms with van der Waals surface area (Å²) in [5.74, 6) is 0.399. The Balaban J connectivity index is 1.30. The second kappa shape index (κ2) is 12.5. The van der Waals surface area contributed by atoms with Gasteiger partial charge in [0.05, 0.1) is 0 Å². The van der Waals surface area contributed by atoms with Crippen molar-refractivity contribution in [2.45, 2.75) is 70.4 Å². The molecule has 3 aliphatic heterocycles. The quantitative estimate of drug-likeness (QED) is 0.756. The number of rotatable bonds is 4. The van der Waals surface area contributed by atoms with Gasteiger partial charge in [-0.3, -0.25) is 19.5 Å². The Hall–Kier alpha value is -1.99. The molecule has 1 N–H and O–H groups in total. The van der Waals surface area contributed by atoms with Gasteiger partial charge in [0.25, 0.3) is 0 Å². The molecule has 1 aromatic rings. The van der Waals surface area contributed by atoms with E-state index in [-0.39, 0.29) is 11.8 Å². The maximum atomic E-state index is 13.4. The molecule has 7 nitrogen and oxygen atoms in total. The van der Waals surface area contributed by atoms with Crippen LogP contribution < -0.4 is 5.32 Å². The number of carbonyl (C=O) groups is 2. The molecule has 182 valence electrons. The van der Waals surface area contributed by atoms with Crippen molar-refractivity contribution in [3.63, 3.8) is 0 Å². The Morgan fingerprint density at radius 3 is 2.55 bits per heavy atom. The lowest BCUT2D eigenvalue weighted by Crippen LogP contribution is -2.49. The smallest absolute Gasteiger partial charge is 0.225 e. The number of pyridine rings is 1. The van der Waals surface area contributed by atoms with Crippen molar-refractivity contribution in [2.75, 3.05) is 45.8 Å². The van der Waals surface area contributed by atoms with Gasteiger partial charge in [0, 0.05) is 63.5 Å². The van der Waals surface area contributed by atoms with Crippen molar-refractivity contribution in [1.82, 2.24) is 25.0 Å². The zero-order valence-electron chi connectivity index (χ0n) is 20.1. The molecule has 0 aromatic carbocycles. The Morgan fingerprint density at radius 2 is 1.79 bits per heavy atom. The van der Waals surface area contributed by atoms with Gasteiger partial charge >= 0.3 is 0 Å². The summed E-state index contributed by atoms with van der Waals surface area (Å²) in [5, 5.41) is 3.05. The Bertz CT molecular complexity index is 744. The van der Waals surface area contributed by atoms with Gasteiger partial charge in [-0.05, 0) is 76.2 Å². The number of hydrogen-bond acceptors (Lipinski definition) is 5. The van der Waals surface area contributed by atoms with E-state index in [1.807, 2.05) is 12.3 Å². The summed E-state index contributed by atoms with van der Waals surface area (Å²) in [6.45, 7) is 7.27. The molecule has 3 aliphatic rings. The Morgan fingerprint density at radius 1 is 0.970 bits per heavy atom. The SMILES string of the molecule is O=C1CCN(Cc2cccnc2)CCCC(C(=O)N2CCC(N3CCCCC3)CC2)CCN1. The average molecular weight is 456 g/mol. The van der Waals surface area contributed by atoms with Crippen LogP contribution in [-0.4, -0.2) is 83.4 Å². The van der Waals surface area contributed by atoms with Crippen LogP contribution in [0.5, 0.6) is 0 Å². The maximum absolute atomic E-state index is 13.4. The zero-order chi connectivity index (χ0) is 22.9. The summed E-state index contributed by atoms with van der Waals surface area (Å²) < 4.78 is 0. The van der Waals surface area contributed by atoms with E-state index in [2.05, 4.69) is 31.1 Å². The first-order valence-corrected chi connectivity index (χ1v) is 13.1. The molecule has 0 saturated carbocycles. The molecule has 3 fully saturated rings. The molecule has 0 spiro atoms. The van der Waals surface area contributed by atoms with Crippen LogP contribution in [0.3, 0.4) is 0 Å². The summed E-state index contributed by atoms with van der Waals surface area (Å²) >= 11 is 0. The second-order valence-corrected chi connectivity index (χ2v) is 10.0. The van der Waals surface area contributed by atoms with Crippen LogP contribution in [0.25, 0.3) is 0 Å². The maximum Gasteiger partial charge on any atom is 0.225 e. The summed E-state index contributed by atoms with van der Waals surface area (Å²) in [6, 6.07) is 4.69. The van der Waals surface area contributed by atoms with Gasteiger partial charge in [0.2, 0.25) is 11.8 Å². The first kappa shape index (κ1) is 24.1. The van der Waals surface area contributed by atoms with E-state index < -0.39 is 0 Å². The number of amides is 2. The molecule has 0 radical (unpaired) electrons. The van der Waals surface area contributed by atoms with Crippen molar-refractivity contribution < 1.29 is 9.59 Å². The fourth-order valence-electron chi connectivity index (χ4n) is 5.70. The topological polar surface area (TPSA) is 68.8 Å². The van der Waals surface area contributed by atoms with E-state index in [9.17, 15) is 9.59 Å².